The van der Waals surface area contributed by atoms with Crippen molar-refractivity contribution in [2.45, 2.75) is 42.2 Å². The standard InChI is InChI=1S/C16H22N2O2S/c17-16(6-7-16)15(19)18-13-3-1-2-12(10-13)11-21-14-4-8-20-9-5-14/h1-3,10,14H,4-9,11,17H2,(H,18,19). The highest BCUT2D eigenvalue weighted by atomic mass is 32.2. The number of ether oxygens (including phenoxy) is 1. The predicted molar refractivity (Wildman–Crippen MR) is 86.4 cm³/mol. The second-order valence-electron chi connectivity index (χ2n) is 5.93. The molecule has 2 aliphatic rings. The number of amides is 1. The van der Waals surface area contributed by atoms with Gasteiger partial charge in [-0.15, -0.1) is 0 Å². The molecule has 1 aliphatic heterocycles. The lowest BCUT2D eigenvalue weighted by molar-refractivity contribution is -0.118. The summed E-state index contributed by atoms with van der Waals surface area (Å²) in [5.74, 6) is 0.916. The fourth-order valence-corrected chi connectivity index (χ4v) is 3.55. The molecular weight excluding hydrogens is 284 g/mol. The highest BCUT2D eigenvalue weighted by Crippen LogP contribution is 2.33. The van der Waals surface area contributed by atoms with E-state index in [4.69, 9.17) is 10.5 Å². The molecule has 0 aromatic heterocycles. The number of carbonyl (C=O) groups excluding carboxylic acids is 1. The van der Waals surface area contributed by atoms with Crippen LogP contribution in [0.2, 0.25) is 0 Å². The number of anilines is 1. The molecule has 1 aromatic carbocycles. The molecule has 0 atom stereocenters. The summed E-state index contributed by atoms with van der Waals surface area (Å²) < 4.78 is 5.38. The van der Waals surface area contributed by atoms with Crippen LogP contribution in [0.1, 0.15) is 31.2 Å². The summed E-state index contributed by atoms with van der Waals surface area (Å²) in [6.45, 7) is 1.76. The minimum absolute atomic E-state index is 0.0586. The predicted octanol–water partition coefficient (Wildman–Crippen LogP) is 2.53. The molecule has 1 aromatic rings. The monoisotopic (exact) mass is 306 g/mol. The van der Waals surface area contributed by atoms with Gasteiger partial charge in [0.2, 0.25) is 5.91 Å². The van der Waals surface area contributed by atoms with Gasteiger partial charge in [-0.25, -0.2) is 0 Å². The average Bonchev–Trinajstić information content (AvgIpc) is 3.26. The van der Waals surface area contributed by atoms with Gasteiger partial charge in [-0.2, -0.15) is 11.8 Å². The number of nitrogens with one attached hydrogen (secondary N) is 1. The zero-order valence-electron chi connectivity index (χ0n) is 12.1. The van der Waals surface area contributed by atoms with Crippen LogP contribution in [0.25, 0.3) is 0 Å². The van der Waals surface area contributed by atoms with E-state index in [1.165, 1.54) is 5.56 Å². The van der Waals surface area contributed by atoms with Crippen LogP contribution in [0.15, 0.2) is 24.3 Å². The molecule has 4 nitrogen and oxygen atoms in total. The molecule has 1 aliphatic carbocycles. The quantitative estimate of drug-likeness (QED) is 0.877. The van der Waals surface area contributed by atoms with Crippen LogP contribution in [-0.2, 0) is 15.3 Å². The maximum absolute atomic E-state index is 12.0. The van der Waals surface area contributed by atoms with Gasteiger partial charge in [-0.3, -0.25) is 4.79 Å². The Morgan fingerprint density at radius 2 is 2.14 bits per heavy atom. The number of hydrogen-bond acceptors (Lipinski definition) is 4. The molecule has 0 unspecified atom stereocenters. The molecule has 1 heterocycles. The van der Waals surface area contributed by atoms with Crippen LogP contribution < -0.4 is 11.1 Å². The van der Waals surface area contributed by atoms with Gasteiger partial charge in [-0.05, 0) is 43.4 Å². The number of benzene rings is 1. The summed E-state index contributed by atoms with van der Waals surface area (Å²) in [4.78, 5) is 12.0. The van der Waals surface area contributed by atoms with E-state index in [0.29, 0.717) is 5.25 Å². The first-order chi connectivity index (χ1) is 10.2. The Kier molecular flexibility index (Phi) is 4.52. The zero-order chi connectivity index (χ0) is 14.7. The minimum Gasteiger partial charge on any atom is -0.381 e. The molecule has 0 bridgehead atoms. The minimum atomic E-state index is -0.618. The molecular formula is C16H22N2O2S. The first-order valence-corrected chi connectivity index (χ1v) is 8.59. The highest BCUT2D eigenvalue weighted by Gasteiger charge is 2.45. The van der Waals surface area contributed by atoms with Crippen molar-refractivity contribution in [2.24, 2.45) is 5.73 Å². The number of carbonyl (C=O) groups is 1. The maximum Gasteiger partial charge on any atom is 0.244 e. The molecule has 1 saturated carbocycles. The molecule has 5 heteroatoms. The van der Waals surface area contributed by atoms with E-state index in [-0.39, 0.29) is 5.91 Å². The lowest BCUT2D eigenvalue weighted by Gasteiger charge is -2.21. The lowest BCUT2D eigenvalue weighted by Crippen LogP contribution is -2.37. The van der Waals surface area contributed by atoms with E-state index in [1.54, 1.807) is 0 Å². The molecule has 0 radical (unpaired) electrons. The Hall–Kier alpha value is -1.04. The number of rotatable bonds is 5. The molecule has 114 valence electrons. The Bertz CT molecular complexity index is 511. The first kappa shape index (κ1) is 14.9. The third-order valence-corrected chi connectivity index (χ3v) is 5.52. The van der Waals surface area contributed by atoms with Gasteiger partial charge >= 0.3 is 0 Å². The Morgan fingerprint density at radius 3 is 2.86 bits per heavy atom. The van der Waals surface area contributed by atoms with Crippen molar-refractivity contribution in [3.05, 3.63) is 29.8 Å². The van der Waals surface area contributed by atoms with Crippen molar-refractivity contribution >= 4 is 23.4 Å². The molecule has 3 rings (SSSR count). The maximum atomic E-state index is 12.0. The lowest BCUT2D eigenvalue weighted by atomic mass is 10.2. The van der Waals surface area contributed by atoms with Crippen molar-refractivity contribution in [3.63, 3.8) is 0 Å². The van der Waals surface area contributed by atoms with Crippen LogP contribution in [0, 0.1) is 0 Å². The SMILES string of the molecule is NC1(C(=O)Nc2cccc(CSC3CCOCC3)c2)CC1. The van der Waals surface area contributed by atoms with Gasteiger partial charge in [0.15, 0.2) is 0 Å². The van der Waals surface area contributed by atoms with E-state index in [0.717, 1.165) is 50.3 Å². The van der Waals surface area contributed by atoms with E-state index >= 15 is 0 Å². The van der Waals surface area contributed by atoms with Crippen molar-refractivity contribution in [2.75, 3.05) is 18.5 Å². The fourth-order valence-electron chi connectivity index (χ4n) is 2.41. The fraction of sp³-hybridized carbons (Fsp3) is 0.562. The highest BCUT2D eigenvalue weighted by molar-refractivity contribution is 7.99. The normalized spacial score (nSPS) is 21.0. The number of thioether (sulfide) groups is 1. The average molecular weight is 306 g/mol. The summed E-state index contributed by atoms with van der Waals surface area (Å²) in [5.41, 5.74) is 7.38. The second kappa shape index (κ2) is 6.38. The molecule has 1 amide bonds. The third-order valence-electron chi connectivity index (χ3n) is 4.08. The van der Waals surface area contributed by atoms with E-state index in [1.807, 2.05) is 23.9 Å². The summed E-state index contributed by atoms with van der Waals surface area (Å²) in [5, 5.41) is 3.62. The van der Waals surface area contributed by atoms with Crippen LogP contribution in [0.4, 0.5) is 5.69 Å². The Balaban J connectivity index is 1.54. The van der Waals surface area contributed by atoms with Gasteiger partial charge in [0.25, 0.3) is 0 Å². The molecule has 1 saturated heterocycles. The van der Waals surface area contributed by atoms with Crippen LogP contribution in [-0.4, -0.2) is 29.9 Å². The van der Waals surface area contributed by atoms with Crippen molar-refractivity contribution in [3.8, 4) is 0 Å². The van der Waals surface area contributed by atoms with Gasteiger partial charge in [0.1, 0.15) is 0 Å². The summed E-state index contributed by atoms with van der Waals surface area (Å²) in [6, 6.07) is 8.07. The molecule has 21 heavy (non-hydrogen) atoms. The van der Waals surface area contributed by atoms with Crippen molar-refractivity contribution < 1.29 is 9.53 Å². The Morgan fingerprint density at radius 1 is 1.38 bits per heavy atom. The topological polar surface area (TPSA) is 64.4 Å². The van der Waals surface area contributed by atoms with Gasteiger partial charge in [0.05, 0.1) is 5.54 Å². The largest absolute Gasteiger partial charge is 0.381 e. The second-order valence-corrected chi connectivity index (χ2v) is 7.22. The van der Waals surface area contributed by atoms with E-state index in [9.17, 15) is 4.79 Å². The molecule has 2 fully saturated rings. The summed E-state index contributed by atoms with van der Waals surface area (Å²) in [6.07, 6.45) is 3.85. The smallest absolute Gasteiger partial charge is 0.244 e. The van der Waals surface area contributed by atoms with E-state index in [2.05, 4.69) is 17.4 Å². The van der Waals surface area contributed by atoms with Crippen molar-refractivity contribution in [1.82, 2.24) is 0 Å². The Labute approximate surface area is 129 Å². The summed E-state index contributed by atoms with van der Waals surface area (Å²) >= 11 is 1.98. The zero-order valence-corrected chi connectivity index (χ0v) is 13.0. The third kappa shape index (κ3) is 3.99. The first-order valence-electron chi connectivity index (χ1n) is 7.54. The van der Waals surface area contributed by atoms with Crippen LogP contribution >= 0.6 is 11.8 Å². The van der Waals surface area contributed by atoms with Crippen LogP contribution in [0.5, 0.6) is 0 Å². The number of hydrogen-bond donors (Lipinski definition) is 2. The van der Waals surface area contributed by atoms with Gasteiger partial charge in [0, 0.05) is 29.9 Å². The van der Waals surface area contributed by atoms with Crippen LogP contribution in [0.3, 0.4) is 0 Å². The van der Waals surface area contributed by atoms with Gasteiger partial charge in [-0.1, -0.05) is 12.1 Å². The van der Waals surface area contributed by atoms with E-state index < -0.39 is 5.54 Å². The summed E-state index contributed by atoms with van der Waals surface area (Å²) in [7, 11) is 0. The molecule has 0 spiro atoms. The number of nitrogens with two attached hydrogens (primary N) is 1. The van der Waals surface area contributed by atoms with Gasteiger partial charge < -0.3 is 15.8 Å². The van der Waals surface area contributed by atoms with Crippen molar-refractivity contribution in [1.29, 1.82) is 0 Å². The molecule has 3 N–H and O–H groups in total.